The second kappa shape index (κ2) is 6.23. The van der Waals surface area contributed by atoms with Gasteiger partial charge in [-0.15, -0.1) is 0 Å². The van der Waals surface area contributed by atoms with Gasteiger partial charge in [0, 0.05) is 29.7 Å². The number of rotatable bonds is 2. The summed E-state index contributed by atoms with van der Waals surface area (Å²) in [5.74, 6) is 0.367. The first-order chi connectivity index (χ1) is 10.9. The molecule has 1 fully saturated rings. The van der Waals surface area contributed by atoms with E-state index in [1.807, 2.05) is 26.0 Å². The fourth-order valence-electron chi connectivity index (χ4n) is 4.09. The van der Waals surface area contributed by atoms with E-state index in [4.69, 9.17) is 0 Å². The van der Waals surface area contributed by atoms with Crippen molar-refractivity contribution in [2.75, 3.05) is 0 Å². The Morgan fingerprint density at radius 1 is 1.13 bits per heavy atom. The molecular formula is C19H21BrO3. The van der Waals surface area contributed by atoms with Gasteiger partial charge in [-0.1, -0.05) is 15.9 Å². The molecule has 1 aromatic rings. The van der Waals surface area contributed by atoms with Gasteiger partial charge in [0.05, 0.1) is 5.57 Å². The van der Waals surface area contributed by atoms with Crippen molar-refractivity contribution >= 4 is 33.1 Å². The van der Waals surface area contributed by atoms with E-state index in [1.165, 1.54) is 0 Å². The quantitative estimate of drug-likeness (QED) is 0.814. The fourth-order valence-corrected chi connectivity index (χ4v) is 4.78. The molecule has 2 aliphatic carbocycles. The number of aryl methyl sites for hydroxylation is 2. The molecule has 0 radical (unpaired) electrons. The van der Waals surface area contributed by atoms with Crippen LogP contribution in [-0.4, -0.2) is 16.7 Å². The maximum Gasteiger partial charge on any atom is 0.167 e. The van der Waals surface area contributed by atoms with Gasteiger partial charge in [0.1, 0.15) is 11.5 Å². The predicted molar refractivity (Wildman–Crippen MR) is 93.2 cm³/mol. The summed E-state index contributed by atoms with van der Waals surface area (Å²) in [6.07, 6.45) is 3.24. The molecule has 1 saturated carbocycles. The maximum absolute atomic E-state index is 12.6. The Morgan fingerprint density at radius 2 is 1.78 bits per heavy atom. The van der Waals surface area contributed by atoms with Crippen LogP contribution in [0.2, 0.25) is 0 Å². The van der Waals surface area contributed by atoms with Gasteiger partial charge in [-0.05, 0) is 61.4 Å². The number of benzene rings is 1. The third-order valence-electron chi connectivity index (χ3n) is 5.13. The number of hydrogen-bond donors (Lipinski definition) is 1. The zero-order valence-corrected chi connectivity index (χ0v) is 15.1. The highest BCUT2D eigenvalue weighted by atomic mass is 79.9. The zero-order chi connectivity index (χ0) is 16.7. The molecule has 2 atom stereocenters. The van der Waals surface area contributed by atoms with E-state index in [0.29, 0.717) is 24.8 Å². The third-order valence-corrected chi connectivity index (χ3v) is 5.59. The Morgan fingerprint density at radius 3 is 2.39 bits per heavy atom. The number of ketones is 2. The summed E-state index contributed by atoms with van der Waals surface area (Å²) in [5, 5.41) is 10.8. The van der Waals surface area contributed by atoms with Crippen molar-refractivity contribution < 1.29 is 14.7 Å². The lowest BCUT2D eigenvalue weighted by Gasteiger charge is -2.26. The molecule has 0 amide bonds. The first-order valence-corrected chi connectivity index (χ1v) is 8.93. The summed E-state index contributed by atoms with van der Waals surface area (Å²) in [6, 6.07) is 3.93. The third kappa shape index (κ3) is 3.01. The summed E-state index contributed by atoms with van der Waals surface area (Å²) >= 11 is 3.47. The van der Waals surface area contributed by atoms with Gasteiger partial charge >= 0.3 is 0 Å². The number of allylic oxidation sites excluding steroid dienone is 2. The first kappa shape index (κ1) is 16.4. The number of aliphatic hydroxyl groups is 1. The monoisotopic (exact) mass is 376 g/mol. The van der Waals surface area contributed by atoms with Crippen LogP contribution in [0.4, 0.5) is 0 Å². The lowest BCUT2D eigenvalue weighted by atomic mass is 9.78. The Labute approximate surface area is 144 Å². The molecule has 23 heavy (non-hydrogen) atoms. The van der Waals surface area contributed by atoms with Crippen molar-refractivity contribution in [3.05, 3.63) is 39.1 Å². The van der Waals surface area contributed by atoms with E-state index in [0.717, 1.165) is 34.0 Å². The van der Waals surface area contributed by atoms with E-state index in [-0.39, 0.29) is 29.2 Å². The van der Waals surface area contributed by atoms with Crippen molar-refractivity contribution in [3.63, 3.8) is 0 Å². The smallest absolute Gasteiger partial charge is 0.167 e. The second-order valence-electron chi connectivity index (χ2n) is 6.80. The summed E-state index contributed by atoms with van der Waals surface area (Å²) < 4.78 is 0.969. The lowest BCUT2D eigenvalue weighted by Crippen LogP contribution is -2.23. The minimum Gasteiger partial charge on any atom is -0.511 e. The summed E-state index contributed by atoms with van der Waals surface area (Å²) in [5.41, 5.74) is 3.27. The van der Waals surface area contributed by atoms with Crippen LogP contribution in [0.1, 0.15) is 48.8 Å². The molecule has 3 nitrogen and oxygen atoms in total. The first-order valence-electron chi connectivity index (χ1n) is 8.13. The predicted octanol–water partition coefficient (Wildman–Crippen LogP) is 4.68. The average Bonchev–Trinajstić information content (AvgIpc) is 2.74. The Balaban J connectivity index is 2.01. The average molecular weight is 377 g/mol. The van der Waals surface area contributed by atoms with Crippen molar-refractivity contribution in [2.24, 2.45) is 11.8 Å². The van der Waals surface area contributed by atoms with Gasteiger partial charge in [0.15, 0.2) is 5.78 Å². The van der Waals surface area contributed by atoms with Crippen LogP contribution in [0.15, 0.2) is 22.4 Å². The minimum atomic E-state index is -0.191. The number of Topliss-reactive ketones (excluding diaryl/α,β-unsaturated/α-hetero) is 2. The van der Waals surface area contributed by atoms with Crippen molar-refractivity contribution in [1.82, 2.24) is 0 Å². The van der Waals surface area contributed by atoms with Gasteiger partial charge in [0.25, 0.3) is 0 Å². The summed E-state index contributed by atoms with van der Waals surface area (Å²) in [7, 11) is 0. The van der Waals surface area contributed by atoms with Crippen molar-refractivity contribution in [2.45, 2.75) is 46.0 Å². The van der Waals surface area contributed by atoms with Gasteiger partial charge in [-0.3, -0.25) is 9.59 Å². The second-order valence-corrected chi connectivity index (χ2v) is 7.72. The van der Waals surface area contributed by atoms with Crippen LogP contribution in [0, 0.1) is 25.7 Å². The molecule has 2 aliphatic rings. The number of aliphatic hydroxyl groups excluding tert-OH is 1. The molecule has 3 rings (SSSR count). The van der Waals surface area contributed by atoms with E-state index in [2.05, 4.69) is 15.9 Å². The molecule has 2 unspecified atom stereocenters. The molecule has 0 aliphatic heterocycles. The van der Waals surface area contributed by atoms with Crippen molar-refractivity contribution in [3.8, 4) is 0 Å². The summed E-state index contributed by atoms with van der Waals surface area (Å²) in [4.78, 5) is 24.3. The SMILES string of the molecule is Cc1cc(Br)cc(C)c1C1=C(O)C(C2CCCC(=O)C2)CC1=O. The number of hydrogen-bond acceptors (Lipinski definition) is 3. The number of carbonyl (C=O) groups is 2. The van der Waals surface area contributed by atoms with E-state index >= 15 is 0 Å². The molecule has 0 saturated heterocycles. The lowest BCUT2D eigenvalue weighted by molar-refractivity contribution is -0.122. The van der Waals surface area contributed by atoms with E-state index in [9.17, 15) is 14.7 Å². The topological polar surface area (TPSA) is 54.4 Å². The molecule has 1 aromatic carbocycles. The van der Waals surface area contributed by atoms with Crippen LogP contribution >= 0.6 is 15.9 Å². The van der Waals surface area contributed by atoms with Gasteiger partial charge < -0.3 is 5.11 Å². The van der Waals surface area contributed by atoms with Gasteiger partial charge in [-0.2, -0.15) is 0 Å². The van der Waals surface area contributed by atoms with Crippen molar-refractivity contribution in [1.29, 1.82) is 0 Å². The molecule has 0 spiro atoms. The van der Waals surface area contributed by atoms with Crippen LogP contribution < -0.4 is 0 Å². The zero-order valence-electron chi connectivity index (χ0n) is 13.5. The van der Waals surface area contributed by atoms with Crippen LogP contribution in [0.3, 0.4) is 0 Å². The maximum atomic E-state index is 12.6. The molecule has 0 bridgehead atoms. The summed E-state index contributed by atoms with van der Waals surface area (Å²) in [6.45, 7) is 3.91. The molecule has 4 heteroatoms. The van der Waals surface area contributed by atoms with E-state index < -0.39 is 0 Å². The van der Waals surface area contributed by atoms with Crippen LogP contribution in [-0.2, 0) is 9.59 Å². The van der Waals surface area contributed by atoms with Crippen LogP contribution in [0.25, 0.3) is 5.57 Å². The highest BCUT2D eigenvalue weighted by Gasteiger charge is 2.40. The molecule has 0 aromatic heterocycles. The fraction of sp³-hybridized carbons (Fsp3) is 0.474. The molecular weight excluding hydrogens is 356 g/mol. The largest absolute Gasteiger partial charge is 0.511 e. The van der Waals surface area contributed by atoms with Gasteiger partial charge in [-0.25, -0.2) is 0 Å². The van der Waals surface area contributed by atoms with Gasteiger partial charge in [0.2, 0.25) is 0 Å². The molecule has 0 heterocycles. The van der Waals surface area contributed by atoms with Crippen LogP contribution in [0.5, 0.6) is 0 Å². The number of carbonyl (C=O) groups excluding carboxylic acids is 2. The Bertz CT molecular complexity index is 694. The standard InChI is InChI=1S/C19H21BrO3/c1-10-6-13(20)7-11(2)17(10)18-16(22)9-15(19(18)23)12-4-3-5-14(21)8-12/h6-7,12,15,23H,3-5,8-9H2,1-2H3. The van der Waals surface area contributed by atoms with E-state index in [1.54, 1.807) is 0 Å². The highest BCUT2D eigenvalue weighted by molar-refractivity contribution is 9.10. The Kier molecular flexibility index (Phi) is 4.45. The molecule has 1 N–H and O–H groups in total. The highest BCUT2D eigenvalue weighted by Crippen LogP contribution is 2.44. The Hall–Kier alpha value is -1.42. The number of halogens is 1. The normalized spacial score (nSPS) is 25.3. The minimum absolute atomic E-state index is 0.000884. The molecule has 122 valence electrons.